The lowest BCUT2D eigenvalue weighted by Gasteiger charge is -2.18. The molecule has 9 heteroatoms. The van der Waals surface area contributed by atoms with Gasteiger partial charge in [-0.1, -0.05) is 20.8 Å². The Labute approximate surface area is 187 Å². The molecule has 0 spiro atoms. The van der Waals surface area contributed by atoms with Crippen LogP contribution in [0.1, 0.15) is 58.3 Å². The third-order valence-corrected chi connectivity index (χ3v) is 8.89. The molecule has 31 heavy (non-hydrogen) atoms. The molecule has 1 aliphatic carbocycles. The minimum Gasteiger partial charge on any atom is -0.355 e. The normalized spacial score (nSPS) is 16.1. The molecule has 1 heterocycles. The van der Waals surface area contributed by atoms with Crippen LogP contribution in [0.2, 0.25) is 0 Å². The maximum Gasteiger partial charge on any atom is 0.256 e. The molecular weight excluding hydrogens is 434 g/mol. The number of hydrogen-bond acceptors (Lipinski definition) is 5. The first-order chi connectivity index (χ1) is 14.7. The summed E-state index contributed by atoms with van der Waals surface area (Å²) in [6.07, 6.45) is 2.74. The zero-order valence-corrected chi connectivity index (χ0v) is 20.0. The van der Waals surface area contributed by atoms with Crippen molar-refractivity contribution in [2.45, 2.75) is 44.9 Å². The summed E-state index contributed by atoms with van der Waals surface area (Å²) < 4.78 is 26.7. The van der Waals surface area contributed by atoms with Crippen molar-refractivity contribution >= 4 is 38.2 Å². The third-order valence-electron chi connectivity index (χ3n) is 5.65. The van der Waals surface area contributed by atoms with Gasteiger partial charge in [0, 0.05) is 30.6 Å². The first-order valence-electron chi connectivity index (χ1n) is 10.5. The average Bonchev–Trinajstić information content (AvgIpc) is 3.10. The first kappa shape index (κ1) is 23.4. The molecule has 3 rings (SSSR count). The van der Waals surface area contributed by atoms with Gasteiger partial charge in [-0.15, -0.1) is 11.3 Å². The Kier molecular flexibility index (Phi) is 7.18. The van der Waals surface area contributed by atoms with Gasteiger partial charge in [0.15, 0.2) is 0 Å². The molecule has 2 amide bonds. The molecule has 168 valence electrons. The number of rotatable bonds is 7. The number of fused-ring (bicyclic) bond motifs is 1. The van der Waals surface area contributed by atoms with E-state index in [1.807, 2.05) is 0 Å². The van der Waals surface area contributed by atoms with Gasteiger partial charge in [0.05, 0.1) is 10.5 Å². The average molecular weight is 464 g/mol. The van der Waals surface area contributed by atoms with Gasteiger partial charge in [0.1, 0.15) is 5.00 Å². The fourth-order valence-electron chi connectivity index (χ4n) is 3.87. The van der Waals surface area contributed by atoms with Crippen molar-refractivity contribution < 1.29 is 18.0 Å². The Bertz CT molecular complexity index is 1070. The highest BCUT2D eigenvalue weighted by Crippen LogP contribution is 2.39. The van der Waals surface area contributed by atoms with Crippen molar-refractivity contribution in [3.8, 4) is 0 Å². The van der Waals surface area contributed by atoms with Crippen molar-refractivity contribution in [2.75, 3.05) is 25.5 Å². The van der Waals surface area contributed by atoms with Crippen LogP contribution in [0.4, 0.5) is 5.00 Å². The Hall–Kier alpha value is -2.23. The number of thiophene rings is 1. The van der Waals surface area contributed by atoms with Gasteiger partial charge in [-0.05, 0) is 55.0 Å². The van der Waals surface area contributed by atoms with Crippen molar-refractivity contribution in [3.63, 3.8) is 0 Å². The summed E-state index contributed by atoms with van der Waals surface area (Å²) >= 11 is 1.45. The molecular formula is C22H29N3O4S2. The number of nitrogens with zero attached hydrogens (tertiary/aromatic N) is 1. The highest BCUT2D eigenvalue weighted by atomic mass is 32.2. The molecule has 0 radical (unpaired) electrons. The number of hydrogen-bond donors (Lipinski definition) is 2. The van der Waals surface area contributed by atoms with Crippen LogP contribution in [0, 0.1) is 5.92 Å². The van der Waals surface area contributed by atoms with E-state index < -0.39 is 10.0 Å². The van der Waals surface area contributed by atoms with Crippen LogP contribution in [-0.4, -0.2) is 44.7 Å². The second-order valence-corrected chi connectivity index (χ2v) is 10.7. The van der Waals surface area contributed by atoms with Crippen molar-refractivity contribution in [2.24, 2.45) is 5.92 Å². The summed E-state index contributed by atoms with van der Waals surface area (Å²) in [5, 5.41) is 6.09. The molecule has 1 aromatic carbocycles. The van der Waals surface area contributed by atoms with Gasteiger partial charge in [-0.2, -0.15) is 4.31 Å². The fourth-order valence-corrected chi connectivity index (χ4v) is 6.73. The van der Waals surface area contributed by atoms with E-state index in [9.17, 15) is 18.0 Å². The Balaban J connectivity index is 1.86. The monoisotopic (exact) mass is 463 g/mol. The van der Waals surface area contributed by atoms with Gasteiger partial charge in [-0.3, -0.25) is 9.59 Å². The SMILES string of the molecule is CCN(CC)S(=O)(=O)c1ccc(C(=O)Nc2sc3c(c2C(=O)NC)CCC(C)C3)cc1. The smallest absolute Gasteiger partial charge is 0.256 e. The Morgan fingerprint density at radius 2 is 1.77 bits per heavy atom. The van der Waals surface area contributed by atoms with Crippen molar-refractivity contribution in [1.29, 1.82) is 0 Å². The van der Waals surface area contributed by atoms with E-state index in [0.29, 0.717) is 35.1 Å². The van der Waals surface area contributed by atoms with Crippen LogP contribution in [0.5, 0.6) is 0 Å². The molecule has 0 bridgehead atoms. The molecule has 1 aliphatic rings. The Morgan fingerprint density at radius 3 is 2.35 bits per heavy atom. The molecule has 1 unspecified atom stereocenters. The molecule has 2 aromatic rings. The molecule has 7 nitrogen and oxygen atoms in total. The number of anilines is 1. The highest BCUT2D eigenvalue weighted by Gasteiger charge is 2.28. The van der Waals surface area contributed by atoms with E-state index in [1.165, 1.54) is 39.9 Å². The minimum absolute atomic E-state index is 0.152. The quantitative estimate of drug-likeness (QED) is 0.657. The van der Waals surface area contributed by atoms with Crippen LogP contribution >= 0.6 is 11.3 Å². The fraction of sp³-hybridized carbons (Fsp3) is 0.455. The lowest BCUT2D eigenvalue weighted by molar-refractivity contribution is 0.0963. The minimum atomic E-state index is -3.58. The van der Waals surface area contributed by atoms with Crippen LogP contribution in [0.25, 0.3) is 0 Å². The lowest BCUT2D eigenvalue weighted by atomic mass is 9.88. The number of amides is 2. The van der Waals surface area contributed by atoms with Gasteiger partial charge < -0.3 is 10.6 Å². The number of benzene rings is 1. The number of carbonyl (C=O) groups excluding carboxylic acids is 2. The zero-order chi connectivity index (χ0) is 22.8. The summed E-state index contributed by atoms with van der Waals surface area (Å²) in [5.74, 6) is -0.0286. The van der Waals surface area contributed by atoms with E-state index in [0.717, 1.165) is 29.7 Å². The van der Waals surface area contributed by atoms with E-state index in [1.54, 1.807) is 20.9 Å². The molecule has 0 fully saturated rings. The molecule has 0 saturated heterocycles. The third kappa shape index (κ3) is 4.68. The molecule has 0 saturated carbocycles. The number of nitrogens with one attached hydrogen (secondary N) is 2. The van der Waals surface area contributed by atoms with Gasteiger partial charge in [-0.25, -0.2) is 8.42 Å². The molecule has 1 atom stereocenters. The first-order valence-corrected chi connectivity index (χ1v) is 12.8. The summed E-state index contributed by atoms with van der Waals surface area (Å²) in [7, 11) is -2.00. The maximum absolute atomic E-state index is 12.9. The predicted octanol–water partition coefficient (Wildman–Crippen LogP) is 3.52. The molecule has 1 aromatic heterocycles. The summed E-state index contributed by atoms with van der Waals surface area (Å²) in [4.78, 5) is 26.7. The summed E-state index contributed by atoms with van der Waals surface area (Å²) in [5.41, 5.74) is 1.91. The largest absolute Gasteiger partial charge is 0.355 e. The molecule has 0 aliphatic heterocycles. The standard InChI is InChI=1S/C22H29N3O4S2/c1-5-25(6-2)31(28,29)16-10-8-15(9-11-16)20(26)24-22-19(21(27)23-4)17-12-7-14(3)13-18(17)30-22/h8-11,14H,5-7,12-13H2,1-4H3,(H,23,27)(H,24,26). The maximum atomic E-state index is 12.9. The predicted molar refractivity (Wildman–Crippen MR) is 123 cm³/mol. The van der Waals surface area contributed by atoms with E-state index in [-0.39, 0.29) is 16.7 Å². The van der Waals surface area contributed by atoms with Crippen molar-refractivity contribution in [3.05, 3.63) is 45.8 Å². The van der Waals surface area contributed by atoms with Gasteiger partial charge in [0.2, 0.25) is 10.0 Å². The van der Waals surface area contributed by atoms with Gasteiger partial charge >= 0.3 is 0 Å². The van der Waals surface area contributed by atoms with Crippen LogP contribution in [0.3, 0.4) is 0 Å². The molecule has 2 N–H and O–H groups in total. The second-order valence-electron chi connectivity index (χ2n) is 7.70. The van der Waals surface area contributed by atoms with Crippen LogP contribution in [0.15, 0.2) is 29.2 Å². The lowest BCUT2D eigenvalue weighted by Crippen LogP contribution is -2.30. The Morgan fingerprint density at radius 1 is 1.13 bits per heavy atom. The van der Waals surface area contributed by atoms with Crippen molar-refractivity contribution in [1.82, 2.24) is 9.62 Å². The summed E-state index contributed by atoms with van der Waals surface area (Å²) in [6.45, 7) is 6.52. The summed E-state index contributed by atoms with van der Waals surface area (Å²) in [6, 6.07) is 5.90. The zero-order valence-electron chi connectivity index (χ0n) is 18.3. The van der Waals surface area contributed by atoms with Crippen LogP contribution < -0.4 is 10.6 Å². The van der Waals surface area contributed by atoms with E-state index >= 15 is 0 Å². The topological polar surface area (TPSA) is 95.6 Å². The van der Waals surface area contributed by atoms with E-state index in [4.69, 9.17) is 0 Å². The number of sulfonamides is 1. The van der Waals surface area contributed by atoms with Crippen LogP contribution in [-0.2, 0) is 22.9 Å². The second kappa shape index (κ2) is 9.50. The number of carbonyl (C=O) groups is 2. The van der Waals surface area contributed by atoms with E-state index in [2.05, 4.69) is 17.6 Å². The highest BCUT2D eigenvalue weighted by molar-refractivity contribution is 7.89. The van der Waals surface area contributed by atoms with Gasteiger partial charge in [0.25, 0.3) is 11.8 Å².